The lowest BCUT2D eigenvalue weighted by atomic mass is 10.0. The molecule has 0 aliphatic carbocycles. The molecule has 0 fully saturated rings. The van der Waals surface area contributed by atoms with E-state index in [1.54, 1.807) is 24.3 Å². The topological polar surface area (TPSA) is 72.7 Å². The van der Waals surface area contributed by atoms with Crippen LogP contribution in [0.4, 0.5) is 5.69 Å². The van der Waals surface area contributed by atoms with Gasteiger partial charge < -0.3 is 5.32 Å². The molecule has 26 heavy (non-hydrogen) atoms. The third kappa shape index (κ3) is 3.21. The quantitative estimate of drug-likeness (QED) is 0.616. The minimum absolute atomic E-state index is 0.170. The van der Waals surface area contributed by atoms with Crippen molar-refractivity contribution in [2.45, 2.75) is 0 Å². The third-order valence-electron chi connectivity index (χ3n) is 4.00. The third-order valence-corrected chi connectivity index (χ3v) is 4.00. The van der Waals surface area contributed by atoms with Crippen molar-refractivity contribution in [2.75, 3.05) is 5.32 Å². The van der Waals surface area contributed by atoms with Crippen LogP contribution in [0.25, 0.3) is 16.8 Å². The number of nitrogens with zero attached hydrogens (tertiary/aromatic N) is 4. The summed E-state index contributed by atoms with van der Waals surface area (Å²) in [6.07, 6.45) is 1.51. The molecule has 6 heteroatoms. The Morgan fingerprint density at radius 2 is 1.58 bits per heavy atom. The van der Waals surface area contributed by atoms with Crippen molar-refractivity contribution < 1.29 is 4.79 Å². The maximum atomic E-state index is 12.6. The molecule has 0 atom stereocenters. The Morgan fingerprint density at radius 3 is 2.31 bits per heavy atom. The van der Waals surface area contributed by atoms with Gasteiger partial charge in [-0.25, -0.2) is 4.68 Å². The molecule has 0 unspecified atom stereocenters. The number of carbonyl (C=O) groups is 1. The molecule has 4 rings (SSSR count). The van der Waals surface area contributed by atoms with E-state index in [0.29, 0.717) is 5.56 Å². The first-order chi connectivity index (χ1) is 12.8. The summed E-state index contributed by atoms with van der Waals surface area (Å²) in [5.74, 6) is -0.170. The van der Waals surface area contributed by atoms with Crippen LogP contribution >= 0.6 is 0 Å². The Kier molecular flexibility index (Phi) is 4.22. The van der Waals surface area contributed by atoms with Crippen molar-refractivity contribution in [2.24, 2.45) is 0 Å². The molecule has 1 amide bonds. The maximum Gasteiger partial charge on any atom is 0.255 e. The summed E-state index contributed by atoms with van der Waals surface area (Å²) in [6, 6.07) is 24.8. The van der Waals surface area contributed by atoms with Crippen LogP contribution in [0, 0.1) is 0 Å². The molecule has 0 radical (unpaired) electrons. The summed E-state index contributed by atoms with van der Waals surface area (Å²) in [7, 11) is 0. The highest BCUT2D eigenvalue weighted by atomic mass is 16.1. The van der Waals surface area contributed by atoms with Crippen molar-refractivity contribution >= 4 is 11.6 Å². The zero-order valence-corrected chi connectivity index (χ0v) is 13.8. The highest BCUT2D eigenvalue weighted by Gasteiger charge is 2.10. The first kappa shape index (κ1) is 15.7. The van der Waals surface area contributed by atoms with E-state index >= 15 is 0 Å². The van der Waals surface area contributed by atoms with Crippen LogP contribution in [-0.4, -0.2) is 26.1 Å². The zero-order chi connectivity index (χ0) is 17.8. The highest BCUT2D eigenvalue weighted by Crippen LogP contribution is 2.27. The van der Waals surface area contributed by atoms with Crippen LogP contribution in [0.1, 0.15) is 10.4 Å². The Balaban J connectivity index is 1.57. The standard InChI is InChI=1S/C20H15N5O/c26-20(16-10-12-17(13-11-16)25-14-21-23-24-25)22-19-9-5-4-8-18(19)15-6-2-1-3-7-15/h1-14H,(H,22,26). The molecule has 6 nitrogen and oxygen atoms in total. The van der Waals surface area contributed by atoms with E-state index in [0.717, 1.165) is 22.5 Å². The fraction of sp³-hybridized carbons (Fsp3) is 0. The number of nitrogens with one attached hydrogen (secondary N) is 1. The number of hydrogen-bond acceptors (Lipinski definition) is 4. The van der Waals surface area contributed by atoms with Gasteiger partial charge in [0, 0.05) is 16.8 Å². The van der Waals surface area contributed by atoms with Gasteiger partial charge in [-0.05, 0) is 46.3 Å². The normalized spacial score (nSPS) is 10.5. The van der Waals surface area contributed by atoms with Gasteiger partial charge >= 0.3 is 0 Å². The molecule has 1 heterocycles. The minimum atomic E-state index is -0.170. The van der Waals surface area contributed by atoms with E-state index < -0.39 is 0 Å². The van der Waals surface area contributed by atoms with Crippen molar-refractivity contribution in [1.82, 2.24) is 20.2 Å². The van der Waals surface area contributed by atoms with Gasteiger partial charge in [-0.3, -0.25) is 4.79 Å². The highest BCUT2D eigenvalue weighted by molar-refractivity contribution is 6.06. The first-order valence-corrected chi connectivity index (χ1v) is 8.10. The maximum absolute atomic E-state index is 12.6. The average Bonchev–Trinajstić information content (AvgIpc) is 3.24. The summed E-state index contributed by atoms with van der Waals surface area (Å²) in [5.41, 5.74) is 4.15. The number of para-hydroxylation sites is 1. The monoisotopic (exact) mass is 341 g/mol. The second-order valence-electron chi connectivity index (χ2n) is 5.67. The summed E-state index contributed by atoms with van der Waals surface area (Å²) in [4.78, 5) is 12.6. The lowest BCUT2D eigenvalue weighted by Gasteiger charge is -2.11. The Labute approximate surface area is 150 Å². The fourth-order valence-corrected chi connectivity index (χ4v) is 2.70. The molecule has 126 valence electrons. The first-order valence-electron chi connectivity index (χ1n) is 8.10. The van der Waals surface area contributed by atoms with E-state index in [2.05, 4.69) is 20.8 Å². The van der Waals surface area contributed by atoms with Crippen LogP contribution in [-0.2, 0) is 0 Å². The predicted molar refractivity (Wildman–Crippen MR) is 99.0 cm³/mol. The van der Waals surface area contributed by atoms with Gasteiger partial charge in [0.2, 0.25) is 0 Å². The second kappa shape index (κ2) is 6.98. The Morgan fingerprint density at radius 1 is 0.846 bits per heavy atom. The second-order valence-corrected chi connectivity index (χ2v) is 5.67. The summed E-state index contributed by atoms with van der Waals surface area (Å²) < 4.78 is 1.53. The van der Waals surface area contributed by atoms with Gasteiger partial charge in [-0.15, -0.1) is 5.10 Å². The van der Waals surface area contributed by atoms with E-state index in [1.807, 2.05) is 54.6 Å². The number of benzene rings is 3. The molecule has 0 bridgehead atoms. The van der Waals surface area contributed by atoms with Crippen LogP contribution in [0.15, 0.2) is 85.2 Å². The van der Waals surface area contributed by atoms with Crippen LogP contribution in [0.2, 0.25) is 0 Å². The number of aromatic nitrogens is 4. The predicted octanol–water partition coefficient (Wildman–Crippen LogP) is 3.58. The van der Waals surface area contributed by atoms with Gasteiger partial charge in [0.25, 0.3) is 5.91 Å². The fourth-order valence-electron chi connectivity index (χ4n) is 2.70. The molecule has 0 aliphatic rings. The molecule has 1 N–H and O–H groups in total. The Hall–Kier alpha value is -3.80. The van der Waals surface area contributed by atoms with E-state index in [-0.39, 0.29) is 5.91 Å². The number of carbonyl (C=O) groups excluding carboxylic acids is 1. The van der Waals surface area contributed by atoms with E-state index in [9.17, 15) is 4.79 Å². The number of hydrogen-bond donors (Lipinski definition) is 1. The molecular formula is C20H15N5O. The lowest BCUT2D eigenvalue weighted by molar-refractivity contribution is 0.102. The number of anilines is 1. The Bertz CT molecular complexity index is 1010. The number of tetrazole rings is 1. The molecule has 4 aromatic rings. The SMILES string of the molecule is O=C(Nc1ccccc1-c1ccccc1)c1ccc(-n2cnnn2)cc1. The van der Waals surface area contributed by atoms with Crippen molar-refractivity contribution in [1.29, 1.82) is 0 Å². The van der Waals surface area contributed by atoms with Crippen molar-refractivity contribution in [3.05, 3.63) is 90.8 Å². The number of amides is 1. The van der Waals surface area contributed by atoms with E-state index in [1.165, 1.54) is 11.0 Å². The molecule has 0 saturated heterocycles. The largest absolute Gasteiger partial charge is 0.321 e. The van der Waals surface area contributed by atoms with Crippen LogP contribution < -0.4 is 5.32 Å². The molecule has 3 aromatic carbocycles. The summed E-state index contributed by atoms with van der Waals surface area (Å²) >= 11 is 0. The minimum Gasteiger partial charge on any atom is -0.321 e. The smallest absolute Gasteiger partial charge is 0.255 e. The molecule has 0 aliphatic heterocycles. The molecule has 0 saturated carbocycles. The van der Waals surface area contributed by atoms with Crippen molar-refractivity contribution in [3.8, 4) is 16.8 Å². The molecule has 1 aromatic heterocycles. The van der Waals surface area contributed by atoms with Crippen LogP contribution in [0.5, 0.6) is 0 Å². The summed E-state index contributed by atoms with van der Waals surface area (Å²) in [6.45, 7) is 0. The van der Waals surface area contributed by atoms with Crippen LogP contribution in [0.3, 0.4) is 0 Å². The molecular weight excluding hydrogens is 326 g/mol. The lowest BCUT2D eigenvalue weighted by Crippen LogP contribution is -2.12. The molecule has 0 spiro atoms. The van der Waals surface area contributed by atoms with Gasteiger partial charge in [0.15, 0.2) is 0 Å². The van der Waals surface area contributed by atoms with Gasteiger partial charge in [-0.1, -0.05) is 48.5 Å². The van der Waals surface area contributed by atoms with Gasteiger partial charge in [0.05, 0.1) is 5.69 Å². The van der Waals surface area contributed by atoms with Gasteiger partial charge in [-0.2, -0.15) is 0 Å². The zero-order valence-electron chi connectivity index (χ0n) is 13.8. The summed E-state index contributed by atoms with van der Waals surface area (Å²) in [5, 5.41) is 14.0. The van der Waals surface area contributed by atoms with E-state index in [4.69, 9.17) is 0 Å². The van der Waals surface area contributed by atoms with Gasteiger partial charge in [0.1, 0.15) is 6.33 Å². The number of rotatable bonds is 4. The van der Waals surface area contributed by atoms with Crippen molar-refractivity contribution in [3.63, 3.8) is 0 Å². The average molecular weight is 341 g/mol.